The van der Waals surface area contributed by atoms with Crippen LogP contribution in [-0.4, -0.2) is 52.9 Å². The van der Waals surface area contributed by atoms with Crippen LogP contribution in [0, 0.1) is 0 Å². The number of nitrogens with one attached hydrogen (secondary N) is 1. The molecule has 1 heterocycles. The summed E-state index contributed by atoms with van der Waals surface area (Å²) in [6.07, 6.45) is 0.666. The number of nitrogens with zero attached hydrogens (tertiary/aromatic N) is 1. The fourth-order valence-electron chi connectivity index (χ4n) is 2.03. The van der Waals surface area contributed by atoms with E-state index in [1.807, 2.05) is 0 Å². The van der Waals surface area contributed by atoms with Gasteiger partial charge in [0.15, 0.2) is 11.5 Å². The van der Waals surface area contributed by atoms with E-state index in [2.05, 4.69) is 10.2 Å². The minimum absolute atomic E-state index is 0.208. The monoisotopic (exact) mass is 238 g/mol. The number of hydrogen-bond donors (Lipinski definition) is 4. The summed E-state index contributed by atoms with van der Waals surface area (Å²) in [5.41, 5.74) is 0.666. The Balaban J connectivity index is 1.96. The molecule has 0 spiro atoms. The highest BCUT2D eigenvalue weighted by Gasteiger charge is 2.13. The molecule has 5 heteroatoms. The highest BCUT2D eigenvalue weighted by atomic mass is 16.3. The summed E-state index contributed by atoms with van der Waals surface area (Å²) in [4.78, 5) is 2.31. The van der Waals surface area contributed by atoms with Crippen LogP contribution in [0.1, 0.15) is 5.56 Å². The Morgan fingerprint density at radius 1 is 1.06 bits per heavy atom. The van der Waals surface area contributed by atoms with Crippen LogP contribution < -0.4 is 5.32 Å². The first kappa shape index (κ1) is 12.0. The molecule has 5 nitrogen and oxygen atoms in total. The Morgan fingerprint density at radius 2 is 1.76 bits per heavy atom. The standard InChI is InChI=1S/C12H18N2O3/c15-10-2-1-9(11(16)12(10)17)3-6-14-7-4-13-5-8-14/h1-2,13,15-17H,3-8H2. The predicted octanol–water partition coefficient (Wildman–Crippen LogP) is 0.251. The molecule has 0 amide bonds. The van der Waals surface area contributed by atoms with Crippen LogP contribution in [0.4, 0.5) is 0 Å². The molecule has 0 bridgehead atoms. The fourth-order valence-corrected chi connectivity index (χ4v) is 2.03. The van der Waals surface area contributed by atoms with Crippen LogP contribution in [0.3, 0.4) is 0 Å². The van der Waals surface area contributed by atoms with Crippen molar-refractivity contribution in [2.24, 2.45) is 0 Å². The lowest BCUT2D eigenvalue weighted by atomic mass is 10.1. The van der Waals surface area contributed by atoms with Crippen LogP contribution in [0.5, 0.6) is 17.2 Å². The molecule has 1 aliphatic rings. The molecule has 2 rings (SSSR count). The van der Waals surface area contributed by atoms with Gasteiger partial charge in [0, 0.05) is 32.7 Å². The average Bonchev–Trinajstić information content (AvgIpc) is 2.36. The first-order chi connectivity index (χ1) is 8.18. The molecule has 1 aliphatic heterocycles. The summed E-state index contributed by atoms with van der Waals surface area (Å²) in [6, 6.07) is 3.05. The molecular formula is C12H18N2O3. The van der Waals surface area contributed by atoms with Crippen molar-refractivity contribution in [3.8, 4) is 17.2 Å². The minimum atomic E-state index is -0.428. The summed E-state index contributed by atoms with van der Waals surface area (Å²) < 4.78 is 0. The summed E-state index contributed by atoms with van der Waals surface area (Å²) in [7, 11) is 0. The van der Waals surface area contributed by atoms with E-state index in [1.165, 1.54) is 6.07 Å². The van der Waals surface area contributed by atoms with Gasteiger partial charge in [-0.25, -0.2) is 0 Å². The van der Waals surface area contributed by atoms with Gasteiger partial charge in [0.05, 0.1) is 0 Å². The Kier molecular flexibility index (Phi) is 3.71. The topological polar surface area (TPSA) is 76.0 Å². The molecule has 0 atom stereocenters. The Morgan fingerprint density at radius 3 is 2.47 bits per heavy atom. The molecule has 1 saturated heterocycles. The molecule has 0 unspecified atom stereocenters. The first-order valence-corrected chi connectivity index (χ1v) is 5.84. The number of benzene rings is 1. The second-order valence-corrected chi connectivity index (χ2v) is 4.28. The van der Waals surface area contributed by atoms with Gasteiger partial charge in [-0.05, 0) is 18.1 Å². The highest BCUT2D eigenvalue weighted by molar-refractivity contribution is 5.53. The normalized spacial score (nSPS) is 17.2. The van der Waals surface area contributed by atoms with E-state index in [0.717, 1.165) is 32.7 Å². The highest BCUT2D eigenvalue weighted by Crippen LogP contribution is 2.37. The summed E-state index contributed by atoms with van der Waals surface area (Å²) in [6.45, 7) is 4.84. The quantitative estimate of drug-likeness (QED) is 0.568. The van der Waals surface area contributed by atoms with E-state index >= 15 is 0 Å². The van der Waals surface area contributed by atoms with Crippen molar-refractivity contribution < 1.29 is 15.3 Å². The molecule has 0 aromatic heterocycles. The molecule has 17 heavy (non-hydrogen) atoms. The molecule has 1 aromatic carbocycles. The third kappa shape index (κ3) is 2.81. The molecule has 0 aliphatic carbocycles. The van der Waals surface area contributed by atoms with Gasteiger partial charge in [-0.15, -0.1) is 0 Å². The number of hydrogen-bond acceptors (Lipinski definition) is 5. The summed E-state index contributed by atoms with van der Waals surface area (Å²) in [5.74, 6) is -0.920. The number of phenols is 3. The van der Waals surface area contributed by atoms with Crippen molar-refractivity contribution in [2.75, 3.05) is 32.7 Å². The van der Waals surface area contributed by atoms with E-state index in [0.29, 0.717) is 12.0 Å². The number of aromatic hydroxyl groups is 3. The van der Waals surface area contributed by atoms with Gasteiger partial charge in [-0.2, -0.15) is 0 Å². The van der Waals surface area contributed by atoms with Crippen molar-refractivity contribution >= 4 is 0 Å². The maximum atomic E-state index is 9.67. The average molecular weight is 238 g/mol. The Hall–Kier alpha value is -1.46. The molecule has 94 valence electrons. The van der Waals surface area contributed by atoms with Crippen LogP contribution in [-0.2, 0) is 6.42 Å². The lowest BCUT2D eigenvalue weighted by Crippen LogP contribution is -2.44. The fraction of sp³-hybridized carbons (Fsp3) is 0.500. The van der Waals surface area contributed by atoms with Gasteiger partial charge >= 0.3 is 0 Å². The second kappa shape index (κ2) is 5.25. The largest absolute Gasteiger partial charge is 0.504 e. The van der Waals surface area contributed by atoms with Crippen molar-refractivity contribution in [1.29, 1.82) is 0 Å². The summed E-state index contributed by atoms with van der Waals surface area (Å²) >= 11 is 0. The van der Waals surface area contributed by atoms with E-state index in [4.69, 9.17) is 0 Å². The maximum absolute atomic E-state index is 9.67. The van der Waals surface area contributed by atoms with Gasteiger partial charge in [0.25, 0.3) is 0 Å². The van der Waals surface area contributed by atoms with Gasteiger partial charge in [0.2, 0.25) is 5.75 Å². The van der Waals surface area contributed by atoms with Crippen LogP contribution in [0.25, 0.3) is 0 Å². The van der Waals surface area contributed by atoms with Gasteiger partial charge in [-0.3, -0.25) is 0 Å². The molecular weight excluding hydrogens is 220 g/mol. The Bertz CT molecular complexity index is 390. The molecule has 0 saturated carbocycles. The molecule has 1 aromatic rings. The Labute approximate surface area is 100 Å². The SMILES string of the molecule is Oc1ccc(CCN2CCNCC2)c(O)c1O. The van der Waals surface area contributed by atoms with Crippen molar-refractivity contribution in [3.05, 3.63) is 17.7 Å². The van der Waals surface area contributed by atoms with Gasteiger partial charge in [0.1, 0.15) is 0 Å². The van der Waals surface area contributed by atoms with Crippen molar-refractivity contribution in [2.45, 2.75) is 6.42 Å². The van der Waals surface area contributed by atoms with Crippen LogP contribution >= 0.6 is 0 Å². The van der Waals surface area contributed by atoms with Crippen molar-refractivity contribution in [1.82, 2.24) is 10.2 Å². The van der Waals surface area contributed by atoms with E-state index in [9.17, 15) is 15.3 Å². The maximum Gasteiger partial charge on any atom is 0.200 e. The number of phenolic OH excluding ortho intramolecular Hbond substituents is 3. The smallest absolute Gasteiger partial charge is 0.200 e. The zero-order valence-electron chi connectivity index (χ0n) is 9.69. The van der Waals surface area contributed by atoms with Crippen LogP contribution in [0.2, 0.25) is 0 Å². The molecule has 4 N–H and O–H groups in total. The molecule has 1 fully saturated rings. The first-order valence-electron chi connectivity index (χ1n) is 5.84. The number of piperazine rings is 1. The third-order valence-corrected chi connectivity index (χ3v) is 3.12. The van der Waals surface area contributed by atoms with E-state index in [1.54, 1.807) is 6.07 Å². The second-order valence-electron chi connectivity index (χ2n) is 4.28. The lowest BCUT2D eigenvalue weighted by Gasteiger charge is -2.27. The van der Waals surface area contributed by atoms with Crippen LogP contribution in [0.15, 0.2) is 12.1 Å². The lowest BCUT2D eigenvalue weighted by molar-refractivity contribution is 0.243. The predicted molar refractivity (Wildman–Crippen MR) is 64.5 cm³/mol. The zero-order chi connectivity index (χ0) is 12.3. The van der Waals surface area contributed by atoms with Gasteiger partial charge < -0.3 is 25.5 Å². The number of rotatable bonds is 3. The van der Waals surface area contributed by atoms with Crippen molar-refractivity contribution in [3.63, 3.8) is 0 Å². The molecule has 0 radical (unpaired) electrons. The third-order valence-electron chi connectivity index (χ3n) is 3.12. The minimum Gasteiger partial charge on any atom is -0.504 e. The zero-order valence-corrected chi connectivity index (χ0v) is 9.69. The van der Waals surface area contributed by atoms with E-state index < -0.39 is 5.75 Å². The van der Waals surface area contributed by atoms with E-state index in [-0.39, 0.29) is 11.5 Å². The van der Waals surface area contributed by atoms with Gasteiger partial charge in [-0.1, -0.05) is 6.07 Å². The summed E-state index contributed by atoms with van der Waals surface area (Å²) in [5, 5.41) is 31.6.